The molecule has 0 unspecified atom stereocenters. The van der Waals surface area contributed by atoms with Gasteiger partial charge in [0.1, 0.15) is 5.75 Å². The second-order valence-corrected chi connectivity index (χ2v) is 4.15. The molecule has 0 aromatic heterocycles. The van der Waals surface area contributed by atoms with E-state index in [4.69, 9.17) is 15.6 Å². The van der Waals surface area contributed by atoms with E-state index < -0.39 is 5.97 Å². The summed E-state index contributed by atoms with van der Waals surface area (Å²) in [4.78, 5) is 12.3. The van der Waals surface area contributed by atoms with Gasteiger partial charge in [-0.2, -0.15) is 0 Å². The minimum Gasteiger partial charge on any atom is -0.494 e. The summed E-state index contributed by atoms with van der Waals surface area (Å²) in [5.74, 6) is -0.0534. The van der Waals surface area contributed by atoms with E-state index in [0.29, 0.717) is 19.7 Å². The van der Waals surface area contributed by atoms with Crippen molar-refractivity contribution in [3.63, 3.8) is 0 Å². The largest absolute Gasteiger partial charge is 0.494 e. The van der Waals surface area contributed by atoms with Gasteiger partial charge in [0.15, 0.2) is 0 Å². The third kappa shape index (κ3) is 4.35. The van der Waals surface area contributed by atoms with E-state index >= 15 is 0 Å². The van der Waals surface area contributed by atoms with Crippen LogP contribution in [0.1, 0.15) is 18.1 Å². The van der Waals surface area contributed by atoms with E-state index in [9.17, 15) is 4.79 Å². The molecule has 0 bridgehead atoms. The van der Waals surface area contributed by atoms with Gasteiger partial charge in [0, 0.05) is 18.7 Å². The highest BCUT2D eigenvalue weighted by Gasteiger charge is 2.08. The first kappa shape index (κ1) is 14.5. The van der Waals surface area contributed by atoms with Crippen molar-refractivity contribution in [3.8, 4) is 5.75 Å². The van der Waals surface area contributed by atoms with Crippen LogP contribution in [0, 0.1) is 0 Å². The lowest BCUT2D eigenvalue weighted by atomic mass is 10.1. The van der Waals surface area contributed by atoms with Crippen LogP contribution in [0.4, 0.5) is 0 Å². The summed E-state index contributed by atoms with van der Waals surface area (Å²) in [5, 5.41) is 8.70. The van der Waals surface area contributed by atoms with Crippen LogP contribution in [0.15, 0.2) is 18.2 Å². The second-order valence-electron chi connectivity index (χ2n) is 4.15. The standard InChI is InChI=1S/C13H20N2O3/c1-3-18-12-6-10(4-5-11(12)7-14)8-15(2)9-13(16)17/h4-6H,3,7-9,14H2,1-2H3,(H,16,17). The van der Waals surface area contributed by atoms with Gasteiger partial charge >= 0.3 is 5.97 Å². The maximum Gasteiger partial charge on any atom is 0.317 e. The number of aliphatic carboxylic acids is 1. The fraction of sp³-hybridized carbons (Fsp3) is 0.462. The van der Waals surface area contributed by atoms with E-state index in [1.54, 1.807) is 11.9 Å². The molecule has 0 saturated heterocycles. The molecule has 0 amide bonds. The Hall–Kier alpha value is -1.59. The summed E-state index contributed by atoms with van der Waals surface area (Å²) < 4.78 is 5.52. The summed E-state index contributed by atoms with van der Waals surface area (Å²) in [6.45, 7) is 3.52. The first-order valence-corrected chi connectivity index (χ1v) is 5.91. The maximum atomic E-state index is 10.6. The number of benzene rings is 1. The molecular formula is C13H20N2O3. The zero-order valence-corrected chi connectivity index (χ0v) is 10.8. The van der Waals surface area contributed by atoms with Gasteiger partial charge in [-0.15, -0.1) is 0 Å². The number of hydrogen-bond acceptors (Lipinski definition) is 4. The summed E-state index contributed by atoms with van der Waals surface area (Å²) in [6, 6.07) is 5.79. The molecule has 0 atom stereocenters. The first-order valence-electron chi connectivity index (χ1n) is 5.91. The summed E-state index contributed by atoms with van der Waals surface area (Å²) in [7, 11) is 1.77. The van der Waals surface area contributed by atoms with Gasteiger partial charge in [-0.1, -0.05) is 12.1 Å². The Morgan fingerprint density at radius 3 is 2.78 bits per heavy atom. The van der Waals surface area contributed by atoms with Crippen LogP contribution in [0.5, 0.6) is 5.75 Å². The Bertz CT molecular complexity index is 407. The molecule has 5 nitrogen and oxygen atoms in total. The molecular weight excluding hydrogens is 232 g/mol. The second kappa shape index (κ2) is 6.98. The number of likely N-dealkylation sites (N-methyl/N-ethyl adjacent to an activating group) is 1. The lowest BCUT2D eigenvalue weighted by Gasteiger charge is -2.16. The monoisotopic (exact) mass is 252 g/mol. The van der Waals surface area contributed by atoms with Crippen molar-refractivity contribution in [2.45, 2.75) is 20.0 Å². The van der Waals surface area contributed by atoms with Gasteiger partial charge in [0.25, 0.3) is 0 Å². The summed E-state index contributed by atoms with van der Waals surface area (Å²) >= 11 is 0. The Morgan fingerprint density at radius 1 is 1.50 bits per heavy atom. The Kier molecular flexibility index (Phi) is 5.61. The highest BCUT2D eigenvalue weighted by atomic mass is 16.5. The van der Waals surface area contributed by atoms with Crippen LogP contribution < -0.4 is 10.5 Å². The Balaban J connectivity index is 2.77. The van der Waals surface area contributed by atoms with Crippen molar-refractivity contribution in [2.75, 3.05) is 20.2 Å². The van der Waals surface area contributed by atoms with Crippen LogP contribution in [0.25, 0.3) is 0 Å². The van der Waals surface area contributed by atoms with Crippen molar-refractivity contribution in [3.05, 3.63) is 29.3 Å². The van der Waals surface area contributed by atoms with Crippen molar-refractivity contribution in [1.29, 1.82) is 0 Å². The molecule has 0 aliphatic carbocycles. The molecule has 3 N–H and O–H groups in total. The predicted molar refractivity (Wildman–Crippen MR) is 69.5 cm³/mol. The van der Waals surface area contributed by atoms with Crippen molar-refractivity contribution < 1.29 is 14.6 Å². The number of carboxylic acids is 1. The molecule has 1 aromatic rings. The molecule has 100 valence electrons. The zero-order chi connectivity index (χ0) is 13.5. The van der Waals surface area contributed by atoms with Crippen LogP contribution in [0.3, 0.4) is 0 Å². The molecule has 0 aliphatic heterocycles. The van der Waals surface area contributed by atoms with E-state index in [-0.39, 0.29) is 6.54 Å². The van der Waals surface area contributed by atoms with Gasteiger partial charge in [-0.05, 0) is 25.6 Å². The van der Waals surface area contributed by atoms with Crippen LogP contribution in [0.2, 0.25) is 0 Å². The van der Waals surface area contributed by atoms with E-state index in [1.165, 1.54) is 0 Å². The number of ether oxygens (including phenoxy) is 1. The van der Waals surface area contributed by atoms with Crippen molar-refractivity contribution in [1.82, 2.24) is 4.90 Å². The molecule has 1 rings (SSSR count). The minimum absolute atomic E-state index is 0.0165. The fourth-order valence-corrected chi connectivity index (χ4v) is 1.75. The van der Waals surface area contributed by atoms with Crippen LogP contribution in [-0.4, -0.2) is 36.2 Å². The summed E-state index contributed by atoms with van der Waals surface area (Å²) in [6.07, 6.45) is 0. The quantitative estimate of drug-likeness (QED) is 0.759. The highest BCUT2D eigenvalue weighted by molar-refractivity contribution is 5.69. The summed E-state index contributed by atoms with van der Waals surface area (Å²) in [5.41, 5.74) is 7.60. The lowest BCUT2D eigenvalue weighted by Crippen LogP contribution is -2.25. The SMILES string of the molecule is CCOc1cc(CN(C)CC(=O)O)ccc1CN. The molecule has 0 saturated carbocycles. The van der Waals surface area contributed by atoms with E-state index in [0.717, 1.165) is 16.9 Å². The topological polar surface area (TPSA) is 75.8 Å². The first-order chi connectivity index (χ1) is 8.56. The Labute approximate surface area is 107 Å². The maximum absolute atomic E-state index is 10.6. The van der Waals surface area contributed by atoms with E-state index in [2.05, 4.69) is 0 Å². The molecule has 0 fully saturated rings. The third-order valence-electron chi connectivity index (χ3n) is 2.51. The predicted octanol–water partition coefficient (Wildman–Crippen LogP) is 1.06. The molecule has 5 heteroatoms. The van der Waals surface area contributed by atoms with Crippen LogP contribution >= 0.6 is 0 Å². The zero-order valence-electron chi connectivity index (χ0n) is 10.8. The average molecular weight is 252 g/mol. The number of nitrogens with two attached hydrogens (primary N) is 1. The molecule has 0 radical (unpaired) electrons. The molecule has 1 aromatic carbocycles. The molecule has 0 spiro atoms. The van der Waals surface area contributed by atoms with Gasteiger partial charge < -0.3 is 15.6 Å². The highest BCUT2D eigenvalue weighted by Crippen LogP contribution is 2.21. The van der Waals surface area contributed by atoms with Crippen molar-refractivity contribution >= 4 is 5.97 Å². The fourth-order valence-electron chi connectivity index (χ4n) is 1.75. The number of hydrogen-bond donors (Lipinski definition) is 2. The Morgan fingerprint density at radius 2 is 2.22 bits per heavy atom. The minimum atomic E-state index is -0.832. The molecule has 0 heterocycles. The third-order valence-corrected chi connectivity index (χ3v) is 2.51. The number of carboxylic acid groups (broad SMARTS) is 1. The van der Waals surface area contributed by atoms with Crippen molar-refractivity contribution in [2.24, 2.45) is 5.73 Å². The number of nitrogens with zero attached hydrogens (tertiary/aromatic N) is 1. The number of rotatable bonds is 7. The van der Waals surface area contributed by atoms with Gasteiger partial charge in [0.05, 0.1) is 13.2 Å². The lowest BCUT2D eigenvalue weighted by molar-refractivity contribution is -0.138. The molecule has 0 aliphatic rings. The number of carbonyl (C=O) groups is 1. The van der Waals surface area contributed by atoms with Gasteiger partial charge in [0.2, 0.25) is 0 Å². The average Bonchev–Trinajstić information content (AvgIpc) is 2.28. The molecule has 18 heavy (non-hydrogen) atoms. The smallest absolute Gasteiger partial charge is 0.317 e. The van der Waals surface area contributed by atoms with Gasteiger partial charge in [-0.25, -0.2) is 0 Å². The van der Waals surface area contributed by atoms with Crippen LogP contribution in [-0.2, 0) is 17.9 Å². The van der Waals surface area contributed by atoms with Gasteiger partial charge in [-0.3, -0.25) is 9.69 Å². The van der Waals surface area contributed by atoms with E-state index in [1.807, 2.05) is 25.1 Å². The normalized spacial score (nSPS) is 10.7.